The summed E-state index contributed by atoms with van der Waals surface area (Å²) in [5.74, 6) is 0. The van der Waals surface area contributed by atoms with Crippen LogP contribution in [0.4, 0.5) is 0 Å². The summed E-state index contributed by atoms with van der Waals surface area (Å²) in [6, 6.07) is 4.55. The van der Waals surface area contributed by atoms with Crippen molar-refractivity contribution >= 4 is 27.2 Å². The lowest BCUT2D eigenvalue weighted by Crippen LogP contribution is -2.39. The molecule has 5 nitrogen and oxygen atoms in total. The third kappa shape index (κ3) is 3.17. The van der Waals surface area contributed by atoms with Crippen molar-refractivity contribution in [1.82, 2.24) is 4.72 Å². The fourth-order valence-corrected chi connectivity index (χ4v) is 3.89. The summed E-state index contributed by atoms with van der Waals surface area (Å²) in [6.07, 6.45) is 0.575. The van der Waals surface area contributed by atoms with Gasteiger partial charge in [0.1, 0.15) is 4.99 Å². The topological polar surface area (TPSA) is 81.4 Å². The highest BCUT2D eigenvalue weighted by molar-refractivity contribution is 7.89. The number of aryl methyl sites for hydroxylation is 1. The number of thiocarbonyl (C=S) groups is 1. The van der Waals surface area contributed by atoms with Crippen molar-refractivity contribution in [3.05, 3.63) is 29.3 Å². The predicted octanol–water partition coefficient (Wildman–Crippen LogP) is 1.08. The van der Waals surface area contributed by atoms with Crippen LogP contribution in [-0.4, -0.2) is 32.2 Å². The molecule has 2 atom stereocenters. The van der Waals surface area contributed by atoms with Gasteiger partial charge in [0.05, 0.1) is 17.0 Å². The van der Waals surface area contributed by atoms with Crippen molar-refractivity contribution in [1.29, 1.82) is 0 Å². The van der Waals surface area contributed by atoms with E-state index in [9.17, 15) is 8.42 Å². The Bertz CT molecular complexity index is 629. The Kier molecular flexibility index (Phi) is 4.43. The van der Waals surface area contributed by atoms with Crippen molar-refractivity contribution in [3.63, 3.8) is 0 Å². The fourth-order valence-electron chi connectivity index (χ4n) is 2.23. The van der Waals surface area contributed by atoms with Crippen molar-refractivity contribution in [2.75, 3.05) is 6.61 Å². The first kappa shape index (κ1) is 15.4. The van der Waals surface area contributed by atoms with Gasteiger partial charge in [-0.1, -0.05) is 18.3 Å². The van der Waals surface area contributed by atoms with Gasteiger partial charge in [-0.15, -0.1) is 0 Å². The number of rotatable bonds is 4. The molecule has 1 aliphatic heterocycles. The molecule has 0 saturated carbocycles. The number of hydrogen-bond acceptors (Lipinski definition) is 4. The van der Waals surface area contributed by atoms with Gasteiger partial charge in [0, 0.05) is 12.2 Å². The third-order valence-corrected chi connectivity index (χ3v) is 5.16. The van der Waals surface area contributed by atoms with E-state index in [1.807, 2.05) is 6.92 Å². The highest BCUT2D eigenvalue weighted by Gasteiger charge is 2.29. The SMILES string of the molecule is Cc1cc(S(=O)(=O)NC2CCOC2C)ccc1C(N)=S. The number of hydrogen-bond donors (Lipinski definition) is 2. The van der Waals surface area contributed by atoms with Gasteiger partial charge in [-0.05, 0) is 38.0 Å². The summed E-state index contributed by atoms with van der Waals surface area (Å²) in [5, 5.41) is 0. The smallest absolute Gasteiger partial charge is 0.240 e. The van der Waals surface area contributed by atoms with Crippen LogP contribution in [0.2, 0.25) is 0 Å². The van der Waals surface area contributed by atoms with Crippen LogP contribution in [0.5, 0.6) is 0 Å². The normalized spacial score (nSPS) is 22.9. The molecule has 3 N–H and O–H groups in total. The predicted molar refractivity (Wildman–Crippen MR) is 81.2 cm³/mol. The maximum absolute atomic E-state index is 12.3. The van der Waals surface area contributed by atoms with E-state index < -0.39 is 10.0 Å². The van der Waals surface area contributed by atoms with Crippen LogP contribution in [0.15, 0.2) is 23.1 Å². The Hall–Kier alpha value is -1.02. The number of nitrogens with one attached hydrogen (secondary N) is 1. The molecule has 1 fully saturated rings. The number of ether oxygens (including phenoxy) is 1. The standard InChI is InChI=1S/C13H18N2O3S2/c1-8-7-10(3-4-11(8)13(14)19)20(16,17)15-12-5-6-18-9(12)2/h3-4,7,9,12,15H,5-6H2,1-2H3,(H2,14,19). The molecule has 0 aromatic heterocycles. The van der Waals surface area contributed by atoms with Gasteiger partial charge < -0.3 is 10.5 Å². The minimum absolute atomic E-state index is 0.109. The second kappa shape index (κ2) is 5.77. The van der Waals surface area contributed by atoms with Gasteiger partial charge in [-0.3, -0.25) is 0 Å². The summed E-state index contributed by atoms with van der Waals surface area (Å²) in [7, 11) is -3.56. The van der Waals surface area contributed by atoms with E-state index in [0.29, 0.717) is 18.6 Å². The van der Waals surface area contributed by atoms with Crippen molar-refractivity contribution in [2.24, 2.45) is 5.73 Å². The molecule has 110 valence electrons. The fraction of sp³-hybridized carbons (Fsp3) is 0.462. The van der Waals surface area contributed by atoms with Gasteiger partial charge in [0.25, 0.3) is 0 Å². The Morgan fingerprint density at radius 1 is 1.50 bits per heavy atom. The van der Waals surface area contributed by atoms with Gasteiger partial charge in [0.15, 0.2) is 0 Å². The summed E-state index contributed by atoms with van der Waals surface area (Å²) in [4.78, 5) is 0.478. The maximum Gasteiger partial charge on any atom is 0.240 e. The molecule has 1 heterocycles. The number of benzene rings is 1. The van der Waals surface area contributed by atoms with E-state index in [4.69, 9.17) is 22.7 Å². The van der Waals surface area contributed by atoms with Crippen LogP contribution in [0.3, 0.4) is 0 Å². The van der Waals surface area contributed by atoms with Crippen molar-refractivity contribution < 1.29 is 13.2 Å². The number of nitrogens with two attached hydrogens (primary N) is 1. The molecule has 2 rings (SSSR count). The van der Waals surface area contributed by atoms with Crippen LogP contribution >= 0.6 is 12.2 Å². The number of sulfonamides is 1. The minimum Gasteiger partial charge on any atom is -0.389 e. The average Bonchev–Trinajstić information content (AvgIpc) is 2.73. The van der Waals surface area contributed by atoms with E-state index in [0.717, 1.165) is 5.56 Å². The lowest BCUT2D eigenvalue weighted by atomic mass is 10.1. The molecular formula is C13H18N2O3S2. The van der Waals surface area contributed by atoms with Crippen LogP contribution in [0, 0.1) is 6.92 Å². The minimum atomic E-state index is -3.56. The zero-order valence-corrected chi connectivity index (χ0v) is 13.1. The maximum atomic E-state index is 12.3. The van der Waals surface area contributed by atoms with Crippen LogP contribution < -0.4 is 10.5 Å². The lowest BCUT2D eigenvalue weighted by Gasteiger charge is -2.16. The molecule has 20 heavy (non-hydrogen) atoms. The highest BCUT2D eigenvalue weighted by atomic mass is 32.2. The molecule has 0 spiro atoms. The molecule has 7 heteroatoms. The molecule has 0 aliphatic carbocycles. The lowest BCUT2D eigenvalue weighted by molar-refractivity contribution is 0.117. The first-order chi connectivity index (χ1) is 9.31. The summed E-state index contributed by atoms with van der Waals surface area (Å²) in [6.45, 7) is 4.23. The summed E-state index contributed by atoms with van der Waals surface area (Å²) >= 11 is 4.91. The Morgan fingerprint density at radius 3 is 2.70 bits per heavy atom. The largest absolute Gasteiger partial charge is 0.389 e. The molecule has 0 amide bonds. The first-order valence-corrected chi connectivity index (χ1v) is 8.25. The summed E-state index contributed by atoms with van der Waals surface area (Å²) in [5.41, 5.74) is 7.01. The highest BCUT2D eigenvalue weighted by Crippen LogP contribution is 2.19. The van der Waals surface area contributed by atoms with Gasteiger partial charge in [0.2, 0.25) is 10.0 Å². The Morgan fingerprint density at radius 2 is 2.20 bits per heavy atom. The van der Waals surface area contributed by atoms with Crippen LogP contribution in [-0.2, 0) is 14.8 Å². The second-order valence-electron chi connectivity index (χ2n) is 4.93. The van der Waals surface area contributed by atoms with E-state index in [-0.39, 0.29) is 22.0 Å². The first-order valence-electron chi connectivity index (χ1n) is 6.35. The molecule has 0 radical (unpaired) electrons. The Labute approximate surface area is 124 Å². The van der Waals surface area contributed by atoms with Crippen molar-refractivity contribution in [3.8, 4) is 0 Å². The molecule has 1 aromatic rings. The average molecular weight is 314 g/mol. The molecule has 1 saturated heterocycles. The molecule has 0 bridgehead atoms. The third-order valence-electron chi connectivity index (χ3n) is 3.46. The quantitative estimate of drug-likeness (QED) is 0.813. The monoisotopic (exact) mass is 314 g/mol. The zero-order chi connectivity index (χ0) is 14.9. The van der Waals surface area contributed by atoms with E-state index in [1.165, 1.54) is 6.07 Å². The van der Waals surface area contributed by atoms with E-state index >= 15 is 0 Å². The van der Waals surface area contributed by atoms with E-state index in [2.05, 4.69) is 4.72 Å². The van der Waals surface area contributed by atoms with E-state index in [1.54, 1.807) is 19.1 Å². The van der Waals surface area contributed by atoms with Crippen LogP contribution in [0.1, 0.15) is 24.5 Å². The van der Waals surface area contributed by atoms with Gasteiger partial charge in [-0.2, -0.15) is 0 Å². The second-order valence-corrected chi connectivity index (χ2v) is 7.09. The molecule has 1 aromatic carbocycles. The molecular weight excluding hydrogens is 296 g/mol. The van der Waals surface area contributed by atoms with Crippen LogP contribution in [0.25, 0.3) is 0 Å². The Balaban J connectivity index is 2.25. The molecule has 1 aliphatic rings. The van der Waals surface area contributed by atoms with Gasteiger partial charge in [-0.25, -0.2) is 13.1 Å². The van der Waals surface area contributed by atoms with Gasteiger partial charge >= 0.3 is 0 Å². The summed E-state index contributed by atoms with van der Waals surface area (Å²) < 4.78 is 32.7. The van der Waals surface area contributed by atoms with Crippen molar-refractivity contribution in [2.45, 2.75) is 37.3 Å². The zero-order valence-electron chi connectivity index (χ0n) is 11.4. The molecule has 2 unspecified atom stereocenters.